The van der Waals surface area contributed by atoms with E-state index < -0.39 is 6.04 Å². The van der Waals surface area contributed by atoms with Crippen molar-refractivity contribution in [2.24, 2.45) is 0 Å². The van der Waals surface area contributed by atoms with Gasteiger partial charge < -0.3 is 25.6 Å². The standard InChI is InChI=1S/C24H30N4O4/c1-17(29)25-22(18-8-10-21(32-2)11-9-18)16-23(30)28-14-12-20(13-15-28)27-24(31)26-19-6-4-3-5-7-19/h3-11,20,22H,12-16H2,1-2H3,(H,25,29)(H2,26,27,31). The highest BCUT2D eigenvalue weighted by atomic mass is 16.5. The molecule has 1 unspecified atom stereocenters. The molecule has 8 heteroatoms. The molecule has 4 amide bonds. The predicted octanol–water partition coefficient (Wildman–Crippen LogP) is 3.08. The number of likely N-dealkylation sites (tertiary alicyclic amines) is 1. The van der Waals surface area contributed by atoms with Crippen LogP contribution in [0.1, 0.15) is 37.8 Å². The zero-order valence-corrected chi connectivity index (χ0v) is 18.5. The van der Waals surface area contributed by atoms with Gasteiger partial charge in [-0.25, -0.2) is 4.79 Å². The van der Waals surface area contributed by atoms with Gasteiger partial charge >= 0.3 is 6.03 Å². The number of rotatable bonds is 7. The third-order valence-electron chi connectivity index (χ3n) is 5.49. The number of hydrogen-bond donors (Lipinski definition) is 3. The van der Waals surface area contributed by atoms with Crippen LogP contribution >= 0.6 is 0 Å². The maximum absolute atomic E-state index is 12.9. The first-order valence-corrected chi connectivity index (χ1v) is 10.8. The SMILES string of the molecule is COc1ccc(C(CC(=O)N2CCC(NC(=O)Nc3ccccc3)CC2)NC(C)=O)cc1. The maximum atomic E-state index is 12.9. The molecule has 3 N–H and O–H groups in total. The molecule has 1 atom stereocenters. The molecule has 1 aliphatic heterocycles. The summed E-state index contributed by atoms with van der Waals surface area (Å²) in [6, 6.07) is 16.0. The van der Waals surface area contributed by atoms with Crippen molar-refractivity contribution >= 4 is 23.5 Å². The Balaban J connectivity index is 1.50. The Hall–Kier alpha value is -3.55. The summed E-state index contributed by atoms with van der Waals surface area (Å²) in [5.74, 6) is 0.505. The van der Waals surface area contributed by atoms with Gasteiger partial charge in [0.2, 0.25) is 11.8 Å². The van der Waals surface area contributed by atoms with E-state index in [1.165, 1.54) is 6.92 Å². The second kappa shape index (κ2) is 11.2. The fourth-order valence-electron chi connectivity index (χ4n) is 3.78. The molecular weight excluding hydrogens is 408 g/mol. The van der Waals surface area contributed by atoms with Crippen molar-refractivity contribution < 1.29 is 19.1 Å². The van der Waals surface area contributed by atoms with E-state index in [2.05, 4.69) is 16.0 Å². The lowest BCUT2D eigenvalue weighted by Gasteiger charge is -2.33. The lowest BCUT2D eigenvalue weighted by Crippen LogP contribution is -2.48. The van der Waals surface area contributed by atoms with Crippen LogP contribution in [0, 0.1) is 0 Å². The Bertz CT molecular complexity index is 909. The molecule has 1 saturated heterocycles. The van der Waals surface area contributed by atoms with E-state index in [1.807, 2.05) is 54.6 Å². The number of ether oxygens (including phenoxy) is 1. The van der Waals surface area contributed by atoms with Gasteiger partial charge in [-0.2, -0.15) is 0 Å². The number of methoxy groups -OCH3 is 1. The molecule has 0 spiro atoms. The highest BCUT2D eigenvalue weighted by molar-refractivity contribution is 5.89. The van der Waals surface area contributed by atoms with Gasteiger partial charge in [0.1, 0.15) is 5.75 Å². The predicted molar refractivity (Wildman–Crippen MR) is 122 cm³/mol. The lowest BCUT2D eigenvalue weighted by molar-refractivity contribution is -0.133. The molecule has 0 radical (unpaired) electrons. The number of anilines is 1. The third kappa shape index (κ3) is 6.73. The molecule has 1 aliphatic rings. The van der Waals surface area contributed by atoms with Gasteiger partial charge in [-0.3, -0.25) is 9.59 Å². The Labute approximate surface area is 188 Å². The van der Waals surface area contributed by atoms with Gasteiger partial charge in [0, 0.05) is 31.7 Å². The fourth-order valence-corrected chi connectivity index (χ4v) is 3.78. The number of nitrogens with one attached hydrogen (secondary N) is 3. The highest BCUT2D eigenvalue weighted by Crippen LogP contribution is 2.22. The molecular formula is C24H30N4O4. The van der Waals surface area contributed by atoms with E-state index in [1.54, 1.807) is 12.0 Å². The van der Waals surface area contributed by atoms with Crippen molar-refractivity contribution in [3.8, 4) is 5.75 Å². The van der Waals surface area contributed by atoms with Crippen LogP contribution in [-0.2, 0) is 9.59 Å². The van der Waals surface area contributed by atoms with Gasteiger partial charge in [-0.1, -0.05) is 30.3 Å². The molecule has 0 aromatic heterocycles. The summed E-state index contributed by atoms with van der Waals surface area (Å²) < 4.78 is 5.18. The zero-order chi connectivity index (χ0) is 22.9. The highest BCUT2D eigenvalue weighted by Gasteiger charge is 2.26. The summed E-state index contributed by atoms with van der Waals surface area (Å²) >= 11 is 0. The monoisotopic (exact) mass is 438 g/mol. The largest absolute Gasteiger partial charge is 0.497 e. The first-order chi connectivity index (χ1) is 15.4. The van der Waals surface area contributed by atoms with Crippen LogP contribution < -0.4 is 20.7 Å². The number of nitrogens with zero attached hydrogens (tertiary/aromatic N) is 1. The van der Waals surface area contributed by atoms with Crippen molar-refractivity contribution in [3.05, 3.63) is 60.2 Å². The number of hydrogen-bond acceptors (Lipinski definition) is 4. The first-order valence-electron chi connectivity index (χ1n) is 10.8. The van der Waals surface area contributed by atoms with Crippen LogP contribution in [0.2, 0.25) is 0 Å². The number of para-hydroxylation sites is 1. The van der Waals surface area contributed by atoms with E-state index in [0.717, 1.165) is 11.3 Å². The average molecular weight is 439 g/mol. The number of carbonyl (C=O) groups is 3. The smallest absolute Gasteiger partial charge is 0.319 e. The maximum Gasteiger partial charge on any atom is 0.319 e. The van der Waals surface area contributed by atoms with Crippen molar-refractivity contribution in [2.45, 2.75) is 38.3 Å². The number of urea groups is 1. The summed E-state index contributed by atoms with van der Waals surface area (Å²) in [6.07, 6.45) is 1.54. The molecule has 0 bridgehead atoms. The molecule has 1 heterocycles. The minimum atomic E-state index is -0.404. The van der Waals surface area contributed by atoms with E-state index in [4.69, 9.17) is 4.74 Å². The third-order valence-corrected chi connectivity index (χ3v) is 5.49. The Kier molecular flexibility index (Phi) is 8.08. The van der Waals surface area contributed by atoms with Crippen LogP contribution in [0.15, 0.2) is 54.6 Å². The summed E-state index contributed by atoms with van der Waals surface area (Å²) in [7, 11) is 1.59. The van der Waals surface area contributed by atoms with Crippen LogP contribution in [-0.4, -0.2) is 49.0 Å². The topological polar surface area (TPSA) is 99.8 Å². The molecule has 32 heavy (non-hydrogen) atoms. The Morgan fingerprint density at radius 3 is 2.28 bits per heavy atom. The minimum absolute atomic E-state index is 0.00971. The van der Waals surface area contributed by atoms with E-state index in [9.17, 15) is 14.4 Å². The number of amides is 4. The fraction of sp³-hybridized carbons (Fsp3) is 0.375. The molecule has 170 valence electrons. The summed E-state index contributed by atoms with van der Waals surface area (Å²) in [5.41, 5.74) is 1.59. The zero-order valence-electron chi connectivity index (χ0n) is 18.5. The summed E-state index contributed by atoms with van der Waals surface area (Å²) in [5, 5.41) is 8.66. The lowest BCUT2D eigenvalue weighted by atomic mass is 10.0. The minimum Gasteiger partial charge on any atom is -0.497 e. The van der Waals surface area contributed by atoms with Crippen molar-refractivity contribution in [1.82, 2.24) is 15.5 Å². The number of piperidine rings is 1. The molecule has 2 aromatic rings. The van der Waals surface area contributed by atoms with E-state index in [0.29, 0.717) is 31.7 Å². The Morgan fingerprint density at radius 1 is 1.03 bits per heavy atom. The van der Waals surface area contributed by atoms with Gasteiger partial charge in [0.15, 0.2) is 0 Å². The van der Waals surface area contributed by atoms with Crippen molar-refractivity contribution in [1.29, 1.82) is 0 Å². The normalized spacial score (nSPS) is 14.9. The molecule has 2 aromatic carbocycles. The Morgan fingerprint density at radius 2 is 1.69 bits per heavy atom. The van der Waals surface area contributed by atoms with Gasteiger partial charge in [-0.15, -0.1) is 0 Å². The van der Waals surface area contributed by atoms with Crippen LogP contribution in [0.5, 0.6) is 5.75 Å². The molecule has 8 nitrogen and oxygen atoms in total. The average Bonchev–Trinajstić information content (AvgIpc) is 2.79. The van der Waals surface area contributed by atoms with Crippen molar-refractivity contribution in [2.75, 3.05) is 25.5 Å². The summed E-state index contributed by atoms with van der Waals surface area (Å²) in [4.78, 5) is 38.6. The molecule has 3 rings (SSSR count). The van der Waals surface area contributed by atoms with Crippen LogP contribution in [0.3, 0.4) is 0 Å². The van der Waals surface area contributed by atoms with Gasteiger partial charge in [0.25, 0.3) is 0 Å². The van der Waals surface area contributed by atoms with Crippen molar-refractivity contribution in [3.63, 3.8) is 0 Å². The summed E-state index contributed by atoms with van der Waals surface area (Å²) in [6.45, 7) is 2.56. The van der Waals surface area contributed by atoms with Gasteiger partial charge in [0.05, 0.1) is 19.6 Å². The van der Waals surface area contributed by atoms with Crippen LogP contribution in [0.25, 0.3) is 0 Å². The number of benzene rings is 2. The first kappa shape index (κ1) is 23.1. The molecule has 0 saturated carbocycles. The van der Waals surface area contributed by atoms with Crippen LogP contribution in [0.4, 0.5) is 10.5 Å². The second-order valence-corrected chi connectivity index (χ2v) is 7.85. The van der Waals surface area contributed by atoms with Gasteiger partial charge in [-0.05, 0) is 42.7 Å². The second-order valence-electron chi connectivity index (χ2n) is 7.85. The number of carbonyl (C=O) groups excluding carboxylic acids is 3. The molecule has 1 fully saturated rings. The van der Waals surface area contributed by atoms with E-state index >= 15 is 0 Å². The molecule has 0 aliphatic carbocycles. The van der Waals surface area contributed by atoms with E-state index in [-0.39, 0.29) is 30.3 Å². The quantitative estimate of drug-likeness (QED) is 0.619.